The van der Waals surface area contributed by atoms with Crippen LogP contribution in [0.25, 0.3) is 0 Å². The Labute approximate surface area is 148 Å². The van der Waals surface area contributed by atoms with E-state index >= 15 is 0 Å². The van der Waals surface area contributed by atoms with Gasteiger partial charge in [-0.05, 0) is 36.6 Å². The molecule has 1 N–H and O–H groups in total. The Kier molecular flexibility index (Phi) is 4.90. The van der Waals surface area contributed by atoms with Crippen LogP contribution in [0.5, 0.6) is 0 Å². The van der Waals surface area contributed by atoms with Crippen molar-refractivity contribution in [3.63, 3.8) is 0 Å². The predicted octanol–water partition coefficient (Wildman–Crippen LogP) is 5.73. The lowest BCUT2D eigenvalue weighted by molar-refractivity contribution is -0.136. The molecule has 1 atom stereocenters. The molecule has 3 nitrogen and oxygen atoms in total. The number of nitrogens with zero attached hydrogens (tertiary/aromatic N) is 1. The third-order valence-electron chi connectivity index (χ3n) is 4.25. The average Bonchev–Trinajstić information content (AvgIpc) is 3.04. The van der Waals surface area contributed by atoms with Gasteiger partial charge >= 0.3 is 12.2 Å². The van der Waals surface area contributed by atoms with Crippen LogP contribution in [-0.4, -0.2) is 17.5 Å². The first-order valence-corrected chi connectivity index (χ1v) is 8.24. The largest absolute Gasteiger partial charge is 0.418 e. The summed E-state index contributed by atoms with van der Waals surface area (Å²) in [6.45, 7) is 0.468. The first-order chi connectivity index (χ1) is 11.9. The molecule has 2 aromatic rings. The topological polar surface area (TPSA) is 32.3 Å². The van der Waals surface area contributed by atoms with Gasteiger partial charge in [0.25, 0.3) is 0 Å². The van der Waals surface area contributed by atoms with Crippen molar-refractivity contribution in [2.45, 2.75) is 25.1 Å². The summed E-state index contributed by atoms with van der Waals surface area (Å²) < 4.78 is 39.3. The van der Waals surface area contributed by atoms with Crippen molar-refractivity contribution in [1.82, 2.24) is 4.90 Å². The van der Waals surface area contributed by atoms with Crippen LogP contribution < -0.4 is 5.32 Å². The molecule has 132 valence electrons. The minimum absolute atomic E-state index is 0.244. The van der Waals surface area contributed by atoms with Gasteiger partial charge in [-0.25, -0.2) is 4.79 Å². The monoisotopic (exact) mass is 368 g/mol. The van der Waals surface area contributed by atoms with Crippen molar-refractivity contribution in [2.24, 2.45) is 0 Å². The number of likely N-dealkylation sites (tertiary alicyclic amines) is 1. The van der Waals surface area contributed by atoms with E-state index in [0.717, 1.165) is 24.5 Å². The van der Waals surface area contributed by atoms with E-state index in [4.69, 9.17) is 11.6 Å². The molecule has 0 bridgehead atoms. The molecule has 0 aromatic heterocycles. The molecule has 0 spiro atoms. The predicted molar refractivity (Wildman–Crippen MR) is 90.6 cm³/mol. The third-order valence-corrected chi connectivity index (χ3v) is 4.60. The summed E-state index contributed by atoms with van der Waals surface area (Å²) in [5, 5.41) is 2.95. The van der Waals surface area contributed by atoms with E-state index in [2.05, 4.69) is 5.32 Å². The lowest BCUT2D eigenvalue weighted by atomic mass is 10.0. The molecule has 25 heavy (non-hydrogen) atoms. The van der Waals surface area contributed by atoms with Crippen LogP contribution in [0.1, 0.15) is 30.0 Å². The molecule has 1 saturated heterocycles. The summed E-state index contributed by atoms with van der Waals surface area (Å²) in [5.74, 6) is 0. The summed E-state index contributed by atoms with van der Waals surface area (Å²) in [6.07, 6.45) is -3.04. The second-order valence-corrected chi connectivity index (χ2v) is 6.25. The fraction of sp³-hybridized carbons (Fsp3) is 0.278. The van der Waals surface area contributed by atoms with E-state index in [1.807, 2.05) is 12.1 Å². The molecule has 2 amide bonds. The number of halogens is 4. The van der Waals surface area contributed by atoms with Crippen molar-refractivity contribution >= 4 is 23.3 Å². The minimum atomic E-state index is -4.53. The first-order valence-electron chi connectivity index (χ1n) is 7.86. The Morgan fingerprint density at radius 2 is 1.80 bits per heavy atom. The van der Waals surface area contributed by atoms with E-state index in [1.54, 1.807) is 12.1 Å². The second-order valence-electron chi connectivity index (χ2n) is 5.85. The summed E-state index contributed by atoms with van der Waals surface area (Å²) in [5.41, 5.74) is -0.303. The molecule has 0 saturated carbocycles. The van der Waals surface area contributed by atoms with E-state index in [-0.39, 0.29) is 11.7 Å². The molecular weight excluding hydrogens is 353 g/mol. The van der Waals surface area contributed by atoms with Crippen LogP contribution in [0, 0.1) is 0 Å². The summed E-state index contributed by atoms with van der Waals surface area (Å²) in [6, 6.07) is 11.4. The number of anilines is 1. The maximum Gasteiger partial charge on any atom is 0.418 e. The Morgan fingerprint density at radius 3 is 2.52 bits per heavy atom. The lowest BCUT2D eigenvalue weighted by Crippen LogP contribution is -2.35. The third kappa shape index (κ3) is 3.74. The number of urea groups is 1. The van der Waals surface area contributed by atoms with Gasteiger partial charge in [0.15, 0.2) is 0 Å². The van der Waals surface area contributed by atoms with Gasteiger partial charge in [-0.15, -0.1) is 0 Å². The lowest BCUT2D eigenvalue weighted by Gasteiger charge is -2.26. The molecule has 1 aliphatic rings. The SMILES string of the molecule is O=C(Nc1ccccc1C(F)(F)F)N1CCC[C@@H]1c1ccccc1Cl. The van der Waals surface area contributed by atoms with E-state index in [9.17, 15) is 18.0 Å². The highest BCUT2D eigenvalue weighted by atomic mass is 35.5. The van der Waals surface area contributed by atoms with Gasteiger partial charge < -0.3 is 10.2 Å². The van der Waals surface area contributed by atoms with Gasteiger partial charge in [-0.2, -0.15) is 13.2 Å². The van der Waals surface area contributed by atoms with Gasteiger partial charge in [0.2, 0.25) is 0 Å². The average molecular weight is 369 g/mol. The van der Waals surface area contributed by atoms with E-state index < -0.39 is 17.8 Å². The quantitative estimate of drug-likeness (QED) is 0.721. The highest BCUT2D eigenvalue weighted by molar-refractivity contribution is 6.31. The van der Waals surface area contributed by atoms with Gasteiger partial charge in [0, 0.05) is 11.6 Å². The number of hydrogen-bond donors (Lipinski definition) is 1. The number of carbonyl (C=O) groups excluding carboxylic acids is 1. The normalized spacial score (nSPS) is 17.6. The Hall–Kier alpha value is -2.21. The molecule has 1 heterocycles. The fourth-order valence-electron chi connectivity index (χ4n) is 3.10. The highest BCUT2D eigenvalue weighted by Crippen LogP contribution is 2.38. The highest BCUT2D eigenvalue weighted by Gasteiger charge is 2.35. The van der Waals surface area contributed by atoms with Crippen LogP contribution >= 0.6 is 11.6 Å². The maximum absolute atomic E-state index is 13.1. The number of para-hydroxylation sites is 1. The molecule has 0 radical (unpaired) electrons. The Balaban J connectivity index is 1.83. The Morgan fingerprint density at radius 1 is 1.12 bits per heavy atom. The van der Waals surface area contributed by atoms with Gasteiger partial charge in [0.05, 0.1) is 17.3 Å². The van der Waals surface area contributed by atoms with Crippen molar-refractivity contribution in [1.29, 1.82) is 0 Å². The molecule has 2 aromatic carbocycles. The zero-order valence-corrected chi connectivity index (χ0v) is 13.9. The van der Waals surface area contributed by atoms with Crippen molar-refractivity contribution < 1.29 is 18.0 Å². The van der Waals surface area contributed by atoms with Crippen molar-refractivity contribution in [3.8, 4) is 0 Å². The summed E-state index contributed by atoms with van der Waals surface area (Å²) in [4.78, 5) is 14.1. The number of nitrogens with one attached hydrogen (secondary N) is 1. The van der Waals surface area contributed by atoms with Crippen LogP contribution in [0.3, 0.4) is 0 Å². The number of alkyl halides is 3. The molecule has 1 aliphatic heterocycles. The van der Waals surface area contributed by atoms with Gasteiger partial charge in [-0.3, -0.25) is 0 Å². The fourth-order valence-corrected chi connectivity index (χ4v) is 3.37. The number of rotatable bonds is 2. The smallest absolute Gasteiger partial charge is 0.317 e. The summed E-state index contributed by atoms with van der Waals surface area (Å²) in [7, 11) is 0. The van der Waals surface area contributed by atoms with E-state index in [0.29, 0.717) is 11.6 Å². The maximum atomic E-state index is 13.1. The van der Waals surface area contributed by atoms with Gasteiger partial charge in [0.1, 0.15) is 0 Å². The zero-order valence-electron chi connectivity index (χ0n) is 13.2. The minimum Gasteiger partial charge on any atom is -0.317 e. The summed E-state index contributed by atoms with van der Waals surface area (Å²) >= 11 is 6.21. The van der Waals surface area contributed by atoms with Crippen LogP contribution in [0.15, 0.2) is 48.5 Å². The molecule has 0 unspecified atom stereocenters. The molecule has 0 aliphatic carbocycles. The first kappa shape index (κ1) is 17.6. The number of hydrogen-bond acceptors (Lipinski definition) is 1. The standard InChI is InChI=1S/C18H16ClF3N2O/c19-14-8-3-1-6-12(14)16-10-5-11-24(16)17(25)23-15-9-4-2-7-13(15)18(20,21)22/h1-4,6-9,16H,5,10-11H2,(H,23,25)/t16-/m1/s1. The number of benzene rings is 2. The second kappa shape index (κ2) is 6.96. The molecule has 3 rings (SSSR count). The van der Waals surface area contributed by atoms with Crippen LogP contribution in [0.4, 0.5) is 23.7 Å². The van der Waals surface area contributed by atoms with Crippen LogP contribution in [-0.2, 0) is 6.18 Å². The number of amides is 2. The van der Waals surface area contributed by atoms with Gasteiger partial charge in [-0.1, -0.05) is 41.9 Å². The zero-order chi connectivity index (χ0) is 18.0. The van der Waals surface area contributed by atoms with Crippen molar-refractivity contribution in [3.05, 3.63) is 64.7 Å². The van der Waals surface area contributed by atoms with Crippen LogP contribution in [0.2, 0.25) is 5.02 Å². The van der Waals surface area contributed by atoms with E-state index in [1.165, 1.54) is 23.1 Å². The molecule has 7 heteroatoms. The molecule has 1 fully saturated rings. The molecular formula is C18H16ClF3N2O. The number of carbonyl (C=O) groups is 1. The van der Waals surface area contributed by atoms with Crippen molar-refractivity contribution in [2.75, 3.05) is 11.9 Å². The Bertz CT molecular complexity index is 779.